The molecule has 75 heavy (non-hydrogen) atoms. The van der Waals surface area contributed by atoms with Crippen molar-refractivity contribution in [3.63, 3.8) is 0 Å². The molecule has 1 amide bonds. The van der Waals surface area contributed by atoms with E-state index in [0.29, 0.717) is 76.4 Å². The number of rotatable bonds is 14. The summed E-state index contributed by atoms with van der Waals surface area (Å²) >= 11 is 0. The Morgan fingerprint density at radius 3 is 2.28 bits per heavy atom. The summed E-state index contributed by atoms with van der Waals surface area (Å²) in [4.78, 5) is 72.6. The van der Waals surface area contributed by atoms with Gasteiger partial charge in [0.2, 0.25) is 5.79 Å². The number of ether oxygens (including phenoxy) is 7. The summed E-state index contributed by atoms with van der Waals surface area (Å²) in [6, 6.07) is -0.374. The maximum atomic E-state index is 14.6. The topological polar surface area (TPSA) is 214 Å². The predicted octanol–water partition coefficient (Wildman–Crippen LogP) is 7.46. The fourth-order valence-corrected chi connectivity index (χ4v) is 12.7. The average Bonchev–Trinajstić information content (AvgIpc) is 3.37. The summed E-state index contributed by atoms with van der Waals surface area (Å²) < 4.78 is 42.2. The van der Waals surface area contributed by atoms with E-state index in [1.807, 2.05) is 58.1 Å². The molecule has 0 aromatic rings. The fourth-order valence-electron chi connectivity index (χ4n) is 11.3. The Bertz CT molecular complexity index is 1990. The number of aliphatic hydroxyl groups excluding tert-OH is 2. The Morgan fingerprint density at radius 2 is 1.60 bits per heavy atom. The van der Waals surface area contributed by atoms with Crippen molar-refractivity contribution in [1.29, 1.82) is 0 Å². The monoisotopic (exact) mass is 1070 g/mol. The molecule has 4 aliphatic rings. The third-order valence-corrected chi connectivity index (χ3v) is 18.9. The van der Waals surface area contributed by atoms with Crippen molar-refractivity contribution in [2.75, 3.05) is 53.9 Å². The molecule has 4 rings (SSSR count). The number of methoxy groups -OCH3 is 3. The number of fused-ring (bicyclic) bond motifs is 3. The maximum absolute atomic E-state index is 14.6. The number of ketones is 3. The first-order valence-electron chi connectivity index (χ1n) is 27.8. The molecule has 426 valence electrons. The average molecular weight is 1070 g/mol. The van der Waals surface area contributed by atoms with Crippen molar-refractivity contribution in [3.8, 4) is 0 Å². The number of allylic oxidation sites excluding steroid dienone is 6. The van der Waals surface area contributed by atoms with Gasteiger partial charge in [0.25, 0.3) is 11.7 Å². The predicted molar refractivity (Wildman–Crippen MR) is 289 cm³/mol. The molecule has 0 radical (unpaired) electrons. The highest BCUT2D eigenvalue weighted by Crippen LogP contribution is 2.38. The lowest BCUT2D eigenvalue weighted by Crippen LogP contribution is -2.61. The van der Waals surface area contributed by atoms with Crippen molar-refractivity contribution in [2.45, 2.75) is 199 Å². The quantitative estimate of drug-likeness (QED) is 0.0667. The van der Waals surface area contributed by atoms with Crippen LogP contribution in [0, 0.1) is 35.5 Å². The Hall–Kier alpha value is -3.23. The van der Waals surface area contributed by atoms with Crippen molar-refractivity contribution < 1.29 is 72.5 Å². The molecule has 0 spiro atoms. The highest BCUT2D eigenvalue weighted by atomic mass is 28.3. The van der Waals surface area contributed by atoms with Gasteiger partial charge in [-0.2, -0.15) is 0 Å². The van der Waals surface area contributed by atoms with E-state index < -0.39 is 85.8 Å². The minimum atomic E-state index is -2.44. The highest BCUT2D eigenvalue weighted by Gasteiger charge is 2.53. The van der Waals surface area contributed by atoms with E-state index >= 15 is 0 Å². The Balaban J connectivity index is 1.64. The van der Waals surface area contributed by atoms with Crippen molar-refractivity contribution in [3.05, 3.63) is 47.6 Å². The van der Waals surface area contributed by atoms with Crippen LogP contribution >= 0.6 is 0 Å². The van der Waals surface area contributed by atoms with Gasteiger partial charge in [0, 0.05) is 71.3 Å². The minimum absolute atomic E-state index is 0.0154. The number of esters is 1. The normalized spacial score (nSPS) is 34.6. The van der Waals surface area contributed by atoms with Crippen LogP contribution in [0.1, 0.15) is 126 Å². The van der Waals surface area contributed by atoms with E-state index in [-0.39, 0.29) is 67.5 Å². The molecule has 3 aliphatic heterocycles. The molecule has 0 aromatic heterocycles. The number of carbonyl (C=O) groups excluding carboxylic acids is 5. The first kappa shape index (κ1) is 64.3. The lowest BCUT2D eigenvalue weighted by atomic mass is 9.78. The molecule has 3 fully saturated rings. The van der Waals surface area contributed by atoms with Gasteiger partial charge < -0.3 is 53.4 Å². The molecule has 1 saturated carbocycles. The van der Waals surface area contributed by atoms with E-state index in [1.165, 1.54) is 12.0 Å². The van der Waals surface area contributed by atoms with Crippen LogP contribution in [-0.2, 0) is 57.1 Å². The zero-order chi connectivity index (χ0) is 55.6. The summed E-state index contributed by atoms with van der Waals surface area (Å²) in [7, 11) is 3.00. The zero-order valence-corrected chi connectivity index (χ0v) is 48.5. The van der Waals surface area contributed by atoms with Crippen LogP contribution in [0.2, 0.25) is 19.1 Å². The maximum Gasteiger partial charge on any atom is 0.329 e. The third kappa shape index (κ3) is 18.7. The standard InChI is InChI=1S/C58H95NO15Si/c1-37-18-14-13-15-19-38(2)49(68-8)34-45-23-21-43(7)58(67,74-45)55(64)56(65)59-25-17-16-20-46(59)57(66)73-50(35-47(61)39(3)31-42(6)53(63)54(70-10)52(62)41(5)30-37)40(4)32-44-22-24-48(51(33-44)69-9)72-28-27-71-36-75(11,12)29-26-60/h13-15,18-19,31,37,40-46,48-51,53-54,60,63,67H,16-17,20-30,32-36H2,1-12H3/t37-,40-,41-,42?,43-,44+,45+,46+,48-,49+,50+,51-,53-,54+,58-/m1/s1. The van der Waals surface area contributed by atoms with Crippen LogP contribution in [0.25, 0.3) is 0 Å². The number of Topliss-reactive ketones (excluding diaryl/α,β-unsaturated/α-hetero) is 3. The lowest BCUT2D eigenvalue weighted by molar-refractivity contribution is -0.265. The van der Waals surface area contributed by atoms with Gasteiger partial charge in [-0.05, 0) is 113 Å². The van der Waals surface area contributed by atoms with Crippen LogP contribution in [0.15, 0.2) is 47.6 Å². The van der Waals surface area contributed by atoms with Crippen LogP contribution in [0.5, 0.6) is 0 Å². The van der Waals surface area contributed by atoms with E-state index in [9.17, 15) is 39.3 Å². The first-order valence-corrected chi connectivity index (χ1v) is 31.2. The van der Waals surface area contributed by atoms with Crippen LogP contribution in [0.4, 0.5) is 0 Å². The molecule has 2 bridgehead atoms. The Kier molecular flexibility index (Phi) is 26.4. The molecular formula is C58H95NO15Si. The third-order valence-electron chi connectivity index (χ3n) is 16.3. The second kappa shape index (κ2) is 30.8. The Morgan fingerprint density at radius 1 is 0.867 bits per heavy atom. The highest BCUT2D eigenvalue weighted by molar-refractivity contribution is 6.77. The number of hydrogen-bond acceptors (Lipinski definition) is 15. The van der Waals surface area contributed by atoms with E-state index in [2.05, 4.69) is 13.1 Å². The number of amides is 1. The second-order valence-electron chi connectivity index (χ2n) is 23.1. The smallest absolute Gasteiger partial charge is 0.329 e. The summed E-state index contributed by atoms with van der Waals surface area (Å²) in [6.07, 6.45) is 12.8. The number of hydrogen-bond donors (Lipinski definition) is 3. The number of piperidine rings is 1. The SMILES string of the molecule is CO[C@H]1C[C@@H]2CC[C@@H](C)[C@@](O)(O2)C(=O)C(=O)N2CCCC[C@H]2C(=O)O[C@H]([C@H](C)C[C@@H]2CC[C@@H](OCCOC[Si](C)(C)CCO)[C@H](OC)C2)CC(=O)C(C)=CC(C)[C@@H](O)[C@@H](OC)C(=O)[C@H](C)C[C@H](C)C=CC=CC=C1C. The second-order valence-corrected chi connectivity index (χ2v) is 28.3. The molecule has 3 N–H and O–H groups in total. The summed E-state index contributed by atoms with van der Waals surface area (Å²) in [5.74, 6) is -7.94. The summed E-state index contributed by atoms with van der Waals surface area (Å²) in [5, 5.41) is 33.0. The van der Waals surface area contributed by atoms with Crippen LogP contribution < -0.4 is 0 Å². The molecule has 15 atom stereocenters. The van der Waals surface area contributed by atoms with Crippen molar-refractivity contribution >= 4 is 37.3 Å². The van der Waals surface area contributed by atoms with Crippen molar-refractivity contribution in [2.24, 2.45) is 35.5 Å². The number of cyclic esters (lactones) is 1. The molecule has 1 aliphatic carbocycles. The van der Waals surface area contributed by atoms with Crippen LogP contribution in [-0.4, -0.2) is 166 Å². The first-order chi connectivity index (χ1) is 35.5. The number of carbonyl (C=O) groups is 5. The van der Waals surface area contributed by atoms with Gasteiger partial charge >= 0.3 is 5.97 Å². The zero-order valence-electron chi connectivity index (χ0n) is 47.5. The van der Waals surface area contributed by atoms with Gasteiger partial charge in [0.15, 0.2) is 11.6 Å². The van der Waals surface area contributed by atoms with Gasteiger partial charge in [-0.3, -0.25) is 19.2 Å². The molecular weight excluding hydrogens is 979 g/mol. The van der Waals surface area contributed by atoms with Gasteiger partial charge in [-0.15, -0.1) is 0 Å². The fraction of sp³-hybridized carbons (Fsp3) is 0.776. The molecule has 16 nitrogen and oxygen atoms in total. The molecule has 1 unspecified atom stereocenters. The van der Waals surface area contributed by atoms with Gasteiger partial charge in [-0.1, -0.05) is 84.2 Å². The summed E-state index contributed by atoms with van der Waals surface area (Å²) in [6.45, 7) is 18.2. The molecule has 3 heterocycles. The number of aliphatic hydroxyl groups is 3. The minimum Gasteiger partial charge on any atom is -0.460 e. The Labute approximate surface area is 449 Å². The van der Waals surface area contributed by atoms with Crippen LogP contribution in [0.3, 0.4) is 0 Å². The van der Waals surface area contributed by atoms with E-state index in [0.717, 1.165) is 24.5 Å². The molecule has 2 saturated heterocycles. The van der Waals surface area contributed by atoms with Crippen molar-refractivity contribution in [1.82, 2.24) is 4.90 Å². The lowest BCUT2D eigenvalue weighted by Gasteiger charge is -2.42. The number of nitrogens with zero attached hydrogens (tertiary/aromatic N) is 1. The summed E-state index contributed by atoms with van der Waals surface area (Å²) in [5.41, 5.74) is 1.20. The van der Waals surface area contributed by atoms with E-state index in [1.54, 1.807) is 41.1 Å². The van der Waals surface area contributed by atoms with Gasteiger partial charge in [0.1, 0.15) is 18.2 Å². The van der Waals surface area contributed by atoms with Gasteiger partial charge in [0.05, 0.1) is 51.8 Å². The van der Waals surface area contributed by atoms with Gasteiger partial charge in [-0.25, -0.2) is 4.79 Å². The van der Waals surface area contributed by atoms with E-state index in [4.69, 9.17) is 33.2 Å². The molecule has 0 aromatic carbocycles. The largest absolute Gasteiger partial charge is 0.460 e. The molecule has 17 heteroatoms.